The molecule has 11 heteroatoms. The number of anilines is 1. The van der Waals surface area contributed by atoms with Gasteiger partial charge in [0.25, 0.3) is 5.56 Å². The van der Waals surface area contributed by atoms with E-state index in [1.165, 1.54) is 4.57 Å². The molecule has 0 amide bonds. The number of hydrogen-bond donors (Lipinski definition) is 2. The SMILES string of the molecule is CCn1cc2c(Cl)c(-c3c[nH]c4nc(N5[C@H]6CC[C@@H]5[C@@H](F)[C@@H](N)C6)n(C)c(=O)c34)ccc2n1.Cl. The lowest BCUT2D eigenvalue weighted by Gasteiger charge is -2.41. The van der Waals surface area contributed by atoms with Gasteiger partial charge in [-0.05, 0) is 32.3 Å². The van der Waals surface area contributed by atoms with Gasteiger partial charge in [-0.1, -0.05) is 17.7 Å². The van der Waals surface area contributed by atoms with Gasteiger partial charge < -0.3 is 15.6 Å². The highest BCUT2D eigenvalue weighted by Gasteiger charge is 2.48. The molecule has 34 heavy (non-hydrogen) atoms. The maximum absolute atomic E-state index is 14.9. The third-order valence-electron chi connectivity index (χ3n) is 7.27. The smallest absolute Gasteiger partial charge is 0.264 e. The van der Waals surface area contributed by atoms with Crippen molar-refractivity contribution < 1.29 is 4.39 Å². The first-order valence-corrected chi connectivity index (χ1v) is 11.7. The highest BCUT2D eigenvalue weighted by atomic mass is 35.5. The molecule has 1 aromatic carbocycles. The molecule has 5 heterocycles. The van der Waals surface area contributed by atoms with Gasteiger partial charge in [-0.15, -0.1) is 12.4 Å². The first-order chi connectivity index (χ1) is 15.9. The molecule has 0 aliphatic carbocycles. The molecule has 6 rings (SSSR count). The van der Waals surface area contributed by atoms with Gasteiger partial charge in [-0.25, -0.2) is 4.39 Å². The fourth-order valence-corrected chi connectivity index (χ4v) is 5.88. The minimum atomic E-state index is -1.13. The van der Waals surface area contributed by atoms with Crippen LogP contribution in [0.25, 0.3) is 33.1 Å². The topological polar surface area (TPSA) is 97.8 Å². The third-order valence-corrected chi connectivity index (χ3v) is 7.68. The number of aromatic nitrogens is 5. The monoisotopic (exact) mass is 505 g/mol. The van der Waals surface area contributed by atoms with Crippen LogP contribution < -0.4 is 16.2 Å². The summed E-state index contributed by atoms with van der Waals surface area (Å²) >= 11 is 6.77. The van der Waals surface area contributed by atoms with Gasteiger partial charge in [0.2, 0.25) is 5.95 Å². The molecule has 2 fully saturated rings. The average Bonchev–Trinajstić information content (AvgIpc) is 3.50. The Morgan fingerprint density at radius 2 is 2.09 bits per heavy atom. The summed E-state index contributed by atoms with van der Waals surface area (Å²) in [6, 6.07) is 3.06. The van der Waals surface area contributed by atoms with Gasteiger partial charge in [-0.2, -0.15) is 10.1 Å². The summed E-state index contributed by atoms with van der Waals surface area (Å²) < 4.78 is 18.2. The van der Waals surface area contributed by atoms with E-state index < -0.39 is 12.2 Å². The van der Waals surface area contributed by atoms with E-state index in [0.29, 0.717) is 40.4 Å². The van der Waals surface area contributed by atoms with Crippen molar-refractivity contribution in [1.29, 1.82) is 0 Å². The van der Waals surface area contributed by atoms with Crippen LogP contribution in [0.15, 0.2) is 29.3 Å². The Bertz CT molecular complexity index is 1460. The number of halogens is 3. The number of nitrogens with one attached hydrogen (secondary N) is 1. The Kier molecular flexibility index (Phi) is 5.61. The number of H-pyrrole nitrogens is 1. The molecule has 0 spiro atoms. The van der Waals surface area contributed by atoms with E-state index in [2.05, 4.69) is 10.1 Å². The summed E-state index contributed by atoms with van der Waals surface area (Å²) in [4.78, 5) is 23.4. The van der Waals surface area contributed by atoms with E-state index in [9.17, 15) is 9.18 Å². The molecule has 4 aromatic rings. The number of rotatable bonds is 3. The second kappa shape index (κ2) is 8.25. The number of alkyl halides is 1. The van der Waals surface area contributed by atoms with Crippen molar-refractivity contribution in [3.8, 4) is 11.1 Å². The van der Waals surface area contributed by atoms with Gasteiger partial charge in [-0.3, -0.25) is 14.0 Å². The number of fused-ring (bicyclic) bond motifs is 4. The highest BCUT2D eigenvalue weighted by molar-refractivity contribution is 6.38. The fourth-order valence-electron chi connectivity index (χ4n) is 5.57. The maximum Gasteiger partial charge on any atom is 0.264 e. The van der Waals surface area contributed by atoms with E-state index in [1.807, 2.05) is 34.8 Å². The summed E-state index contributed by atoms with van der Waals surface area (Å²) in [6.07, 6.45) is 4.66. The molecule has 0 unspecified atom stereocenters. The van der Waals surface area contributed by atoms with E-state index in [1.54, 1.807) is 13.2 Å². The second-order valence-corrected chi connectivity index (χ2v) is 9.47. The number of nitrogens with zero attached hydrogens (tertiary/aromatic N) is 5. The molecule has 2 saturated heterocycles. The Hall–Kier alpha value is -2.62. The second-order valence-electron chi connectivity index (χ2n) is 9.10. The van der Waals surface area contributed by atoms with Crippen molar-refractivity contribution in [3.05, 3.63) is 39.9 Å². The molecule has 2 aliphatic heterocycles. The number of hydrogen-bond acceptors (Lipinski definition) is 5. The van der Waals surface area contributed by atoms with Crippen molar-refractivity contribution in [1.82, 2.24) is 24.3 Å². The van der Waals surface area contributed by atoms with Gasteiger partial charge in [0.1, 0.15) is 11.8 Å². The molecule has 3 aromatic heterocycles. The number of piperidine rings is 1. The van der Waals surface area contributed by atoms with Gasteiger partial charge in [0.05, 0.1) is 22.0 Å². The predicted molar refractivity (Wildman–Crippen MR) is 135 cm³/mol. The van der Waals surface area contributed by atoms with Crippen LogP contribution in [0.3, 0.4) is 0 Å². The molecule has 0 saturated carbocycles. The molecule has 2 aliphatic rings. The van der Waals surface area contributed by atoms with Crippen LogP contribution in [0.5, 0.6) is 0 Å². The Morgan fingerprint density at radius 3 is 2.85 bits per heavy atom. The molecule has 8 nitrogen and oxygen atoms in total. The van der Waals surface area contributed by atoms with Crippen molar-refractivity contribution in [2.24, 2.45) is 12.8 Å². The first kappa shape index (κ1) is 23.1. The average molecular weight is 506 g/mol. The van der Waals surface area contributed by atoms with Crippen LogP contribution in [0.4, 0.5) is 10.3 Å². The van der Waals surface area contributed by atoms with Crippen molar-refractivity contribution in [2.45, 2.75) is 57.0 Å². The molecule has 2 bridgehead atoms. The van der Waals surface area contributed by atoms with Crippen molar-refractivity contribution in [2.75, 3.05) is 4.90 Å². The zero-order valence-electron chi connectivity index (χ0n) is 18.8. The zero-order chi connectivity index (χ0) is 23.0. The number of benzene rings is 1. The van der Waals surface area contributed by atoms with Gasteiger partial charge in [0, 0.05) is 54.6 Å². The summed E-state index contributed by atoms with van der Waals surface area (Å²) in [5.41, 5.74) is 8.52. The number of aromatic amines is 1. The largest absolute Gasteiger partial charge is 0.345 e. The van der Waals surface area contributed by atoms with Crippen LogP contribution in [0.1, 0.15) is 26.2 Å². The van der Waals surface area contributed by atoms with Crippen LogP contribution in [0.2, 0.25) is 5.02 Å². The van der Waals surface area contributed by atoms with E-state index in [0.717, 1.165) is 29.4 Å². The van der Waals surface area contributed by atoms with Crippen LogP contribution in [-0.4, -0.2) is 48.6 Å². The third kappa shape index (κ3) is 3.17. The van der Waals surface area contributed by atoms with Crippen LogP contribution in [-0.2, 0) is 13.6 Å². The molecule has 4 atom stereocenters. The predicted octanol–water partition coefficient (Wildman–Crippen LogP) is 3.78. The number of nitrogens with two attached hydrogens (primary N) is 1. The standard InChI is InChI=1S/C23H25ClFN7O.ClH/c1-3-31-10-14-16(29-31)6-5-12(19(14)24)13-9-27-21-18(13)22(33)30(2)23(28-21)32-11-4-7-17(32)20(25)15(26)8-11;/h5-6,9-11,15,17,20,27H,3-4,7-8,26H2,1-2H3;1H/t11-,15-,17+,20-;/m0./s1. The first-order valence-electron chi connectivity index (χ1n) is 11.3. The summed E-state index contributed by atoms with van der Waals surface area (Å²) in [5, 5.41) is 6.35. The minimum absolute atomic E-state index is 0. The summed E-state index contributed by atoms with van der Waals surface area (Å²) in [5.74, 6) is 0.480. The van der Waals surface area contributed by atoms with E-state index in [4.69, 9.17) is 22.3 Å². The lowest BCUT2D eigenvalue weighted by molar-refractivity contribution is 0.202. The summed E-state index contributed by atoms with van der Waals surface area (Å²) in [7, 11) is 1.69. The minimum Gasteiger partial charge on any atom is -0.345 e. The Balaban J connectivity index is 0.00000241. The van der Waals surface area contributed by atoms with Crippen LogP contribution in [0, 0.1) is 0 Å². The van der Waals surface area contributed by atoms with E-state index in [-0.39, 0.29) is 30.0 Å². The quantitative estimate of drug-likeness (QED) is 0.441. The number of aryl methyl sites for hydroxylation is 1. The van der Waals surface area contributed by atoms with Gasteiger partial charge in [0.15, 0.2) is 0 Å². The lowest BCUT2D eigenvalue weighted by atomic mass is 9.96. The summed E-state index contributed by atoms with van der Waals surface area (Å²) in [6.45, 7) is 2.75. The molecule has 3 N–H and O–H groups in total. The van der Waals surface area contributed by atoms with Gasteiger partial charge >= 0.3 is 0 Å². The van der Waals surface area contributed by atoms with Crippen molar-refractivity contribution >= 4 is 51.9 Å². The molecule has 180 valence electrons. The zero-order valence-corrected chi connectivity index (χ0v) is 20.4. The van der Waals surface area contributed by atoms with E-state index >= 15 is 0 Å². The molecule has 0 radical (unpaired) electrons. The lowest BCUT2D eigenvalue weighted by Crippen LogP contribution is -2.56. The molecular formula is C23H26Cl2FN7O. The highest BCUT2D eigenvalue weighted by Crippen LogP contribution is 2.40. The van der Waals surface area contributed by atoms with Crippen LogP contribution >= 0.6 is 24.0 Å². The Morgan fingerprint density at radius 1 is 1.29 bits per heavy atom. The maximum atomic E-state index is 14.9. The molecular weight excluding hydrogens is 480 g/mol. The Labute approximate surface area is 206 Å². The normalized spacial score (nSPS) is 24.2. The fraction of sp³-hybridized carbons (Fsp3) is 0.435. The van der Waals surface area contributed by atoms with Crippen molar-refractivity contribution in [3.63, 3.8) is 0 Å².